The number of nitrogens with one attached hydrogen (secondary N) is 1. The van der Waals surface area contributed by atoms with Gasteiger partial charge in [0.2, 0.25) is 0 Å². The molecule has 0 radical (unpaired) electrons. The summed E-state index contributed by atoms with van der Waals surface area (Å²) in [6.45, 7) is 0.417. The molecular formula is C20H18ClN3O2S2. The summed E-state index contributed by atoms with van der Waals surface area (Å²) in [4.78, 5) is 7.47. The van der Waals surface area contributed by atoms with E-state index in [1.54, 1.807) is 6.20 Å². The van der Waals surface area contributed by atoms with E-state index in [0.717, 1.165) is 21.4 Å². The fraction of sp³-hybridized carbons (Fsp3) is 0.200. The highest BCUT2D eigenvalue weighted by molar-refractivity contribution is 7.99. The van der Waals surface area contributed by atoms with E-state index in [9.17, 15) is 5.11 Å². The fourth-order valence-corrected chi connectivity index (χ4v) is 4.47. The van der Waals surface area contributed by atoms with E-state index in [1.165, 1.54) is 11.8 Å². The maximum Gasteiger partial charge on any atom is 0.170 e. The van der Waals surface area contributed by atoms with Crippen LogP contribution in [0, 0.1) is 0 Å². The third-order valence-electron chi connectivity index (χ3n) is 4.46. The van der Waals surface area contributed by atoms with E-state index in [0.29, 0.717) is 16.7 Å². The summed E-state index contributed by atoms with van der Waals surface area (Å²) in [5.41, 5.74) is 0.874. The first-order valence-corrected chi connectivity index (χ1v) is 10.4. The molecule has 1 aliphatic heterocycles. The van der Waals surface area contributed by atoms with Crippen molar-refractivity contribution < 1.29 is 9.52 Å². The third-order valence-corrected chi connectivity index (χ3v) is 6.00. The highest BCUT2D eigenvalue weighted by atomic mass is 35.5. The molecule has 0 spiro atoms. The first-order valence-electron chi connectivity index (χ1n) is 8.78. The van der Waals surface area contributed by atoms with Crippen LogP contribution in [0.4, 0.5) is 0 Å². The number of β-amino-alcohol motifs (C(OH)–C–C–N with tert-alkyl or cyclic N) is 1. The van der Waals surface area contributed by atoms with Crippen molar-refractivity contribution in [2.45, 2.75) is 22.1 Å². The Hall–Kier alpha value is -2.06. The van der Waals surface area contributed by atoms with Gasteiger partial charge in [-0.2, -0.15) is 0 Å². The molecule has 0 amide bonds. The topological polar surface area (TPSA) is 61.5 Å². The zero-order chi connectivity index (χ0) is 19.5. The van der Waals surface area contributed by atoms with Crippen LogP contribution in [-0.2, 0) is 0 Å². The van der Waals surface area contributed by atoms with Gasteiger partial charge < -0.3 is 19.7 Å². The number of pyridine rings is 1. The van der Waals surface area contributed by atoms with E-state index < -0.39 is 0 Å². The van der Waals surface area contributed by atoms with Gasteiger partial charge in [0, 0.05) is 22.7 Å². The van der Waals surface area contributed by atoms with Crippen LogP contribution in [0.1, 0.15) is 23.5 Å². The van der Waals surface area contributed by atoms with Crippen molar-refractivity contribution >= 4 is 40.7 Å². The van der Waals surface area contributed by atoms with Gasteiger partial charge in [0.05, 0.1) is 18.3 Å². The second kappa shape index (κ2) is 8.53. The Morgan fingerprint density at radius 3 is 2.71 bits per heavy atom. The molecule has 1 saturated heterocycles. The van der Waals surface area contributed by atoms with Crippen LogP contribution in [0.15, 0.2) is 75.2 Å². The number of aliphatic hydroxyl groups excluding tert-OH is 1. The highest BCUT2D eigenvalue weighted by Crippen LogP contribution is 2.41. The predicted molar refractivity (Wildman–Crippen MR) is 114 cm³/mol. The predicted octanol–water partition coefficient (Wildman–Crippen LogP) is 4.44. The van der Waals surface area contributed by atoms with E-state index >= 15 is 0 Å². The highest BCUT2D eigenvalue weighted by Gasteiger charge is 2.41. The Balaban J connectivity index is 1.63. The maximum absolute atomic E-state index is 9.50. The molecule has 2 atom stereocenters. The summed E-state index contributed by atoms with van der Waals surface area (Å²) < 4.78 is 6.16. The van der Waals surface area contributed by atoms with Crippen molar-refractivity contribution in [1.82, 2.24) is 15.2 Å². The molecule has 144 valence electrons. The molecule has 2 N–H and O–H groups in total. The molecule has 2 aromatic heterocycles. The van der Waals surface area contributed by atoms with E-state index in [4.69, 9.17) is 28.2 Å². The second-order valence-corrected chi connectivity index (χ2v) is 8.16. The molecule has 8 heteroatoms. The Morgan fingerprint density at radius 2 is 2.00 bits per heavy atom. The molecule has 5 nitrogen and oxygen atoms in total. The van der Waals surface area contributed by atoms with Crippen LogP contribution in [0.5, 0.6) is 0 Å². The molecule has 0 bridgehead atoms. The van der Waals surface area contributed by atoms with Gasteiger partial charge in [-0.05, 0) is 60.7 Å². The maximum atomic E-state index is 9.50. The second-order valence-electron chi connectivity index (χ2n) is 6.26. The van der Waals surface area contributed by atoms with Gasteiger partial charge in [-0.15, -0.1) is 0 Å². The Morgan fingerprint density at radius 1 is 1.18 bits per heavy atom. The molecule has 0 aliphatic carbocycles. The van der Waals surface area contributed by atoms with Gasteiger partial charge in [0.25, 0.3) is 0 Å². The zero-order valence-electron chi connectivity index (χ0n) is 14.8. The van der Waals surface area contributed by atoms with Crippen LogP contribution < -0.4 is 5.32 Å². The molecular weight excluding hydrogens is 414 g/mol. The number of hydrogen-bond donors (Lipinski definition) is 2. The lowest BCUT2D eigenvalue weighted by Crippen LogP contribution is -2.32. The number of hydrogen-bond acceptors (Lipinski definition) is 5. The molecule has 1 aliphatic rings. The lowest BCUT2D eigenvalue weighted by Gasteiger charge is -2.25. The van der Waals surface area contributed by atoms with Crippen molar-refractivity contribution in [2.75, 3.05) is 13.2 Å². The van der Waals surface area contributed by atoms with Crippen LogP contribution in [-0.4, -0.2) is 33.3 Å². The van der Waals surface area contributed by atoms with Crippen LogP contribution in [0.2, 0.25) is 5.02 Å². The van der Waals surface area contributed by atoms with Gasteiger partial charge >= 0.3 is 0 Å². The number of halogens is 1. The molecule has 1 aromatic carbocycles. The average molecular weight is 432 g/mol. The molecule has 28 heavy (non-hydrogen) atoms. The smallest absolute Gasteiger partial charge is 0.170 e. The van der Waals surface area contributed by atoms with Gasteiger partial charge in [-0.25, -0.2) is 0 Å². The lowest BCUT2D eigenvalue weighted by atomic mass is 10.0. The molecule has 0 unspecified atom stereocenters. The average Bonchev–Trinajstić information content (AvgIpc) is 3.29. The van der Waals surface area contributed by atoms with E-state index in [-0.39, 0.29) is 18.7 Å². The van der Waals surface area contributed by atoms with E-state index in [2.05, 4.69) is 10.3 Å². The number of rotatable bonds is 6. The summed E-state index contributed by atoms with van der Waals surface area (Å²) in [6.07, 6.45) is 1.76. The van der Waals surface area contributed by atoms with Crippen LogP contribution in [0.25, 0.3) is 0 Å². The summed E-state index contributed by atoms with van der Waals surface area (Å²) in [5.74, 6) is 0.771. The van der Waals surface area contributed by atoms with E-state index in [1.807, 2.05) is 59.5 Å². The SMILES string of the molecule is OCCN1C(=S)N[C@@H](c2ccccn2)[C@H]1c1ccc(Sc2ccc(Cl)cc2)o1. The van der Waals surface area contributed by atoms with Crippen molar-refractivity contribution in [3.05, 3.63) is 77.3 Å². The molecule has 4 rings (SSSR count). The number of furan rings is 1. The van der Waals surface area contributed by atoms with Gasteiger partial charge in [-0.3, -0.25) is 4.98 Å². The van der Waals surface area contributed by atoms with Crippen LogP contribution >= 0.6 is 35.6 Å². The summed E-state index contributed by atoms with van der Waals surface area (Å²) in [6, 6.07) is 17.0. The summed E-state index contributed by atoms with van der Waals surface area (Å²) >= 11 is 13.0. The summed E-state index contributed by atoms with van der Waals surface area (Å²) in [7, 11) is 0. The number of thiocarbonyl (C=S) groups is 1. The van der Waals surface area contributed by atoms with Crippen molar-refractivity contribution in [3.63, 3.8) is 0 Å². The van der Waals surface area contributed by atoms with Gasteiger partial charge in [-0.1, -0.05) is 29.4 Å². The largest absolute Gasteiger partial charge is 0.452 e. The van der Waals surface area contributed by atoms with Crippen molar-refractivity contribution in [1.29, 1.82) is 0 Å². The molecule has 1 fully saturated rings. The molecule has 0 saturated carbocycles. The van der Waals surface area contributed by atoms with Crippen molar-refractivity contribution in [3.8, 4) is 0 Å². The quantitative estimate of drug-likeness (QED) is 0.559. The Labute approximate surface area is 177 Å². The van der Waals surface area contributed by atoms with Gasteiger partial charge in [0.1, 0.15) is 11.8 Å². The normalized spacial score (nSPS) is 19.1. The summed E-state index contributed by atoms with van der Waals surface area (Å²) in [5, 5.41) is 14.9. The lowest BCUT2D eigenvalue weighted by molar-refractivity contribution is 0.204. The minimum absolute atomic E-state index is 0.000346. The fourth-order valence-electron chi connectivity index (χ4n) is 3.23. The monoisotopic (exact) mass is 431 g/mol. The van der Waals surface area contributed by atoms with Crippen LogP contribution in [0.3, 0.4) is 0 Å². The third kappa shape index (κ3) is 4.03. The number of aliphatic hydroxyl groups is 1. The Bertz CT molecular complexity index is 950. The Kier molecular flexibility index (Phi) is 5.87. The first kappa shape index (κ1) is 19.3. The first-order chi connectivity index (χ1) is 13.7. The standard InChI is InChI=1S/C20H18ClN3O2S2/c21-13-4-6-14(7-5-13)28-17-9-8-16(26-17)19-18(15-3-1-2-10-22-15)23-20(27)24(19)11-12-25/h1-10,18-19,25H,11-12H2,(H,23,27)/t18-,19+/m0/s1. The minimum Gasteiger partial charge on any atom is -0.452 e. The zero-order valence-corrected chi connectivity index (χ0v) is 17.2. The van der Waals surface area contributed by atoms with Crippen molar-refractivity contribution in [2.24, 2.45) is 0 Å². The molecule has 3 aromatic rings. The van der Waals surface area contributed by atoms with Gasteiger partial charge in [0.15, 0.2) is 10.2 Å². The minimum atomic E-state index is -0.186. The number of aromatic nitrogens is 1. The molecule has 3 heterocycles. The number of benzene rings is 1. The number of nitrogens with zero attached hydrogens (tertiary/aromatic N) is 2.